The fourth-order valence-electron chi connectivity index (χ4n) is 2.31. The van der Waals surface area contributed by atoms with Gasteiger partial charge in [-0.15, -0.1) is 0 Å². The molecule has 0 bridgehead atoms. The summed E-state index contributed by atoms with van der Waals surface area (Å²) >= 11 is 0. The van der Waals surface area contributed by atoms with Crippen LogP contribution in [0.15, 0.2) is 48.1 Å². The van der Waals surface area contributed by atoms with Crippen molar-refractivity contribution in [1.82, 2.24) is 0 Å². The molecule has 1 aromatic carbocycles. The number of rotatable bonds is 2. The quantitative estimate of drug-likeness (QED) is 0.786. The minimum absolute atomic E-state index is 0.504. The maximum absolute atomic E-state index is 9.45. The van der Waals surface area contributed by atoms with Gasteiger partial charge in [-0.05, 0) is 25.0 Å². The van der Waals surface area contributed by atoms with Gasteiger partial charge in [-0.25, -0.2) is 0 Å². The number of hydrogen-bond donors (Lipinski definition) is 0. The number of hydrogen-bond acceptors (Lipinski definition) is 2. The van der Waals surface area contributed by atoms with Crippen LogP contribution >= 0.6 is 0 Å². The molecule has 1 aliphatic carbocycles. The lowest BCUT2D eigenvalue weighted by atomic mass is 9.75. The van der Waals surface area contributed by atoms with E-state index in [2.05, 4.69) is 18.2 Å². The first kappa shape index (κ1) is 12.1. The van der Waals surface area contributed by atoms with E-state index in [0.29, 0.717) is 18.4 Å². The van der Waals surface area contributed by atoms with Crippen molar-refractivity contribution in [2.75, 3.05) is 0 Å². The fraction of sp³-hybridized carbons (Fsp3) is 0.250. The summed E-state index contributed by atoms with van der Waals surface area (Å²) in [6.07, 6.45) is 6.67. The average Bonchev–Trinajstić information content (AvgIpc) is 2.39. The van der Waals surface area contributed by atoms with E-state index in [1.807, 2.05) is 37.3 Å². The molecule has 0 heterocycles. The number of nitrogens with zero attached hydrogens (tertiary/aromatic N) is 2. The van der Waals surface area contributed by atoms with Crippen LogP contribution in [0.4, 0.5) is 0 Å². The highest BCUT2D eigenvalue weighted by atomic mass is 14.4. The summed E-state index contributed by atoms with van der Waals surface area (Å²) in [6.45, 7) is 2.04. The molecule has 1 unspecified atom stereocenters. The van der Waals surface area contributed by atoms with Gasteiger partial charge in [0.15, 0.2) is 0 Å². The topological polar surface area (TPSA) is 47.6 Å². The molecule has 1 atom stereocenters. The lowest BCUT2D eigenvalue weighted by molar-refractivity contribution is 0.498. The number of allylic oxidation sites excluding steroid dienone is 4. The predicted octanol–water partition coefficient (Wildman–Crippen LogP) is 3.46. The van der Waals surface area contributed by atoms with Gasteiger partial charge in [0.05, 0.1) is 17.6 Å². The van der Waals surface area contributed by atoms with Crippen molar-refractivity contribution in [1.29, 1.82) is 10.5 Å². The highest BCUT2D eigenvalue weighted by molar-refractivity contribution is 5.38. The molecule has 0 aromatic heterocycles. The summed E-state index contributed by atoms with van der Waals surface area (Å²) in [5.41, 5.74) is 2.43. The second-order valence-corrected chi connectivity index (χ2v) is 4.77. The molecule has 1 aliphatic rings. The molecule has 2 nitrogen and oxygen atoms in total. The van der Waals surface area contributed by atoms with Crippen molar-refractivity contribution in [2.45, 2.75) is 19.8 Å². The van der Waals surface area contributed by atoms with E-state index in [1.165, 1.54) is 5.56 Å². The Hall–Kier alpha value is -2.32. The van der Waals surface area contributed by atoms with Crippen LogP contribution in [-0.2, 0) is 6.42 Å². The Labute approximate surface area is 107 Å². The summed E-state index contributed by atoms with van der Waals surface area (Å²) < 4.78 is 0. The Morgan fingerprint density at radius 1 is 1.33 bits per heavy atom. The van der Waals surface area contributed by atoms with E-state index in [-0.39, 0.29) is 0 Å². The molecule has 2 rings (SSSR count). The number of benzene rings is 1. The van der Waals surface area contributed by atoms with Crippen LogP contribution in [0.5, 0.6) is 0 Å². The third kappa shape index (κ3) is 2.50. The number of aryl methyl sites for hydroxylation is 1. The van der Waals surface area contributed by atoms with Crippen LogP contribution < -0.4 is 0 Å². The van der Waals surface area contributed by atoms with Crippen LogP contribution in [-0.4, -0.2) is 0 Å². The van der Waals surface area contributed by atoms with Gasteiger partial charge in [-0.3, -0.25) is 0 Å². The highest BCUT2D eigenvalue weighted by Gasteiger charge is 2.30. The second-order valence-electron chi connectivity index (χ2n) is 4.77. The molecule has 0 radical (unpaired) electrons. The van der Waals surface area contributed by atoms with Crippen molar-refractivity contribution in [3.63, 3.8) is 0 Å². The molecule has 1 aromatic rings. The van der Waals surface area contributed by atoms with E-state index in [4.69, 9.17) is 5.26 Å². The minimum Gasteiger partial charge on any atom is -0.197 e. The first-order valence-corrected chi connectivity index (χ1v) is 5.93. The first-order chi connectivity index (χ1) is 8.67. The van der Waals surface area contributed by atoms with Gasteiger partial charge in [0.2, 0.25) is 0 Å². The molecular weight excluding hydrogens is 220 g/mol. The van der Waals surface area contributed by atoms with Crippen molar-refractivity contribution < 1.29 is 0 Å². The molecule has 0 fully saturated rings. The summed E-state index contributed by atoms with van der Waals surface area (Å²) in [5, 5.41) is 18.4. The highest BCUT2D eigenvalue weighted by Crippen LogP contribution is 2.34. The van der Waals surface area contributed by atoms with E-state index >= 15 is 0 Å². The molecule has 0 saturated heterocycles. The molecule has 0 spiro atoms. The maximum Gasteiger partial charge on any atom is 0.0947 e. The Kier molecular flexibility index (Phi) is 3.31. The summed E-state index contributed by atoms with van der Waals surface area (Å²) in [7, 11) is 0. The van der Waals surface area contributed by atoms with Gasteiger partial charge in [-0.2, -0.15) is 10.5 Å². The normalized spacial score (nSPS) is 21.8. The molecule has 0 saturated carbocycles. The van der Waals surface area contributed by atoms with Gasteiger partial charge in [0.1, 0.15) is 0 Å². The molecule has 18 heavy (non-hydrogen) atoms. The summed E-state index contributed by atoms with van der Waals surface area (Å²) in [4.78, 5) is 0. The summed E-state index contributed by atoms with van der Waals surface area (Å²) in [6, 6.07) is 12.7. The van der Waals surface area contributed by atoms with Crippen LogP contribution in [0.2, 0.25) is 0 Å². The molecule has 0 amide bonds. The van der Waals surface area contributed by atoms with Gasteiger partial charge in [0, 0.05) is 12.0 Å². The fourth-order valence-corrected chi connectivity index (χ4v) is 2.31. The van der Waals surface area contributed by atoms with Crippen molar-refractivity contribution in [2.24, 2.45) is 5.41 Å². The predicted molar refractivity (Wildman–Crippen MR) is 70.4 cm³/mol. The lowest BCUT2D eigenvalue weighted by Crippen LogP contribution is -2.21. The Morgan fingerprint density at radius 2 is 2.17 bits per heavy atom. The second kappa shape index (κ2) is 4.90. The lowest BCUT2D eigenvalue weighted by Gasteiger charge is -2.25. The average molecular weight is 234 g/mol. The Bertz CT molecular complexity index is 596. The zero-order chi connectivity index (χ0) is 13.0. The zero-order valence-corrected chi connectivity index (χ0v) is 10.4. The van der Waals surface area contributed by atoms with E-state index < -0.39 is 5.41 Å². The number of nitriles is 2. The smallest absolute Gasteiger partial charge is 0.0947 e. The van der Waals surface area contributed by atoms with Crippen molar-refractivity contribution in [3.8, 4) is 12.1 Å². The molecule has 2 heteroatoms. The van der Waals surface area contributed by atoms with E-state index in [9.17, 15) is 5.26 Å². The van der Waals surface area contributed by atoms with E-state index in [1.54, 1.807) is 6.08 Å². The molecule has 0 aliphatic heterocycles. The minimum atomic E-state index is -0.576. The van der Waals surface area contributed by atoms with Crippen molar-refractivity contribution in [3.05, 3.63) is 59.2 Å². The van der Waals surface area contributed by atoms with Crippen LogP contribution in [0.25, 0.3) is 0 Å². The zero-order valence-electron chi connectivity index (χ0n) is 10.4. The van der Waals surface area contributed by atoms with Gasteiger partial charge in [-0.1, -0.05) is 42.0 Å². The Balaban J connectivity index is 2.27. The third-order valence-corrected chi connectivity index (χ3v) is 3.19. The molecule has 88 valence electrons. The third-order valence-electron chi connectivity index (χ3n) is 3.19. The van der Waals surface area contributed by atoms with Gasteiger partial charge < -0.3 is 0 Å². The SMILES string of the molecule is Cc1cccc(CC2(C#N)C=CC=C(C#N)C2)c1. The van der Waals surface area contributed by atoms with Crippen LogP contribution in [0.1, 0.15) is 17.5 Å². The molecular formula is C16H14N2. The standard InChI is InChI=1S/C16H14N2/c1-13-4-2-5-14(8-13)9-16(12-18)7-3-6-15(10-16)11-17/h2-8H,9-10H2,1H3. The van der Waals surface area contributed by atoms with Crippen LogP contribution in [0, 0.1) is 35.0 Å². The van der Waals surface area contributed by atoms with Gasteiger partial charge >= 0.3 is 0 Å². The van der Waals surface area contributed by atoms with E-state index in [0.717, 1.165) is 5.56 Å². The van der Waals surface area contributed by atoms with Gasteiger partial charge in [0.25, 0.3) is 0 Å². The summed E-state index contributed by atoms with van der Waals surface area (Å²) in [5.74, 6) is 0. The van der Waals surface area contributed by atoms with Crippen molar-refractivity contribution >= 4 is 0 Å². The maximum atomic E-state index is 9.45. The first-order valence-electron chi connectivity index (χ1n) is 5.93. The van der Waals surface area contributed by atoms with Crippen LogP contribution in [0.3, 0.4) is 0 Å². The molecule has 0 N–H and O–H groups in total. The monoisotopic (exact) mass is 234 g/mol. The Morgan fingerprint density at radius 3 is 2.83 bits per heavy atom. The largest absolute Gasteiger partial charge is 0.197 e.